The van der Waals surface area contributed by atoms with Crippen LogP contribution in [0.2, 0.25) is 0 Å². The number of nitrogens with zero attached hydrogens (tertiary/aromatic N) is 1. The molecule has 0 spiro atoms. The molecule has 3 aromatic rings. The predicted molar refractivity (Wildman–Crippen MR) is 122 cm³/mol. The lowest BCUT2D eigenvalue weighted by atomic mass is 9.83. The van der Waals surface area contributed by atoms with Crippen LogP contribution in [0.25, 0.3) is 10.8 Å². The number of carbonyl (C=O) groups is 1. The number of allylic oxidation sites excluding steroid dienone is 1. The van der Waals surface area contributed by atoms with Gasteiger partial charge in [0.1, 0.15) is 12.4 Å². The van der Waals surface area contributed by atoms with Gasteiger partial charge in [0, 0.05) is 19.0 Å². The number of rotatable bonds is 6. The van der Waals surface area contributed by atoms with E-state index >= 15 is 0 Å². The molecule has 1 aliphatic rings. The number of hydrogen-bond donors (Lipinski definition) is 0. The molecule has 1 unspecified atom stereocenters. The van der Waals surface area contributed by atoms with E-state index in [9.17, 15) is 9.18 Å². The molecule has 160 valence electrons. The van der Waals surface area contributed by atoms with E-state index in [1.165, 1.54) is 0 Å². The molecule has 0 N–H and O–H groups in total. The van der Waals surface area contributed by atoms with Crippen molar-refractivity contribution < 1.29 is 13.9 Å². The second kappa shape index (κ2) is 9.78. The highest BCUT2D eigenvalue weighted by Crippen LogP contribution is 2.36. The first kappa shape index (κ1) is 21.1. The zero-order chi connectivity index (χ0) is 21.6. The largest absolute Gasteiger partial charge is 0.445 e. The van der Waals surface area contributed by atoms with Crippen LogP contribution in [0.5, 0.6) is 0 Å². The van der Waals surface area contributed by atoms with E-state index in [-0.39, 0.29) is 24.4 Å². The Morgan fingerprint density at radius 3 is 2.39 bits per heavy atom. The summed E-state index contributed by atoms with van der Waals surface area (Å²) in [5.74, 6) is -0.256. The average Bonchev–Trinajstić information content (AvgIpc) is 2.81. The first-order valence-corrected chi connectivity index (χ1v) is 10.9. The Kier molecular flexibility index (Phi) is 6.66. The lowest BCUT2D eigenvalue weighted by Crippen LogP contribution is -2.39. The second-order valence-electron chi connectivity index (χ2n) is 8.31. The summed E-state index contributed by atoms with van der Waals surface area (Å²) in [7, 11) is 0. The molecule has 1 heterocycles. The van der Waals surface area contributed by atoms with Crippen LogP contribution in [0.15, 0.2) is 85.2 Å². The number of hydrogen-bond acceptors (Lipinski definition) is 2. The van der Waals surface area contributed by atoms with Gasteiger partial charge in [0.2, 0.25) is 0 Å². The smallest absolute Gasteiger partial charge is 0.410 e. The number of likely N-dealkylation sites (tertiary alicyclic amines) is 1. The maximum Gasteiger partial charge on any atom is 0.410 e. The van der Waals surface area contributed by atoms with Crippen LogP contribution in [0.1, 0.15) is 36.3 Å². The van der Waals surface area contributed by atoms with Crippen molar-refractivity contribution in [3.8, 4) is 0 Å². The molecular weight excluding hydrogens is 389 g/mol. The highest BCUT2D eigenvalue weighted by Gasteiger charge is 2.27. The van der Waals surface area contributed by atoms with Crippen molar-refractivity contribution in [3.05, 3.63) is 96.3 Å². The highest BCUT2D eigenvalue weighted by atomic mass is 19.1. The fourth-order valence-electron chi connectivity index (χ4n) is 4.36. The number of halogens is 1. The minimum atomic E-state index is -0.314. The molecule has 0 radical (unpaired) electrons. The summed E-state index contributed by atoms with van der Waals surface area (Å²) in [6.45, 7) is 5.19. The van der Waals surface area contributed by atoms with Crippen molar-refractivity contribution >= 4 is 16.9 Å². The molecule has 3 nitrogen and oxygen atoms in total. The zero-order valence-electron chi connectivity index (χ0n) is 17.7. The van der Waals surface area contributed by atoms with E-state index in [4.69, 9.17) is 4.74 Å². The maximum atomic E-state index is 14.4. The molecule has 1 atom stereocenters. The third-order valence-corrected chi connectivity index (χ3v) is 6.20. The fraction of sp³-hybridized carbons (Fsp3) is 0.296. The minimum absolute atomic E-state index is 0.275. The quantitative estimate of drug-likeness (QED) is 0.439. The number of benzene rings is 3. The minimum Gasteiger partial charge on any atom is -0.445 e. The van der Waals surface area contributed by atoms with Crippen molar-refractivity contribution in [1.29, 1.82) is 0 Å². The summed E-state index contributed by atoms with van der Waals surface area (Å²) in [5, 5.41) is 2.26. The molecule has 4 rings (SSSR count). The standard InChI is InChI=1S/C27H28FNO2/c1-20(28)26(25-12-11-23-9-5-6-10-24(23)18-25)17-21-13-15-29(16-14-21)27(30)31-19-22-7-3-2-4-8-22/h2-12,18,21,26H,1,13-17,19H2. The number of carbonyl (C=O) groups excluding carboxylic acids is 1. The maximum absolute atomic E-state index is 14.4. The van der Waals surface area contributed by atoms with Crippen LogP contribution in [0.3, 0.4) is 0 Å². The third kappa shape index (κ3) is 5.32. The van der Waals surface area contributed by atoms with Gasteiger partial charge in [0.15, 0.2) is 0 Å². The molecule has 1 amide bonds. The van der Waals surface area contributed by atoms with Crippen LogP contribution < -0.4 is 0 Å². The summed E-state index contributed by atoms with van der Waals surface area (Å²) in [5.41, 5.74) is 1.95. The first-order valence-electron chi connectivity index (χ1n) is 10.9. The van der Waals surface area contributed by atoms with E-state index in [1.807, 2.05) is 54.6 Å². The Labute approximate surface area is 183 Å². The Morgan fingerprint density at radius 1 is 1.00 bits per heavy atom. The number of amides is 1. The second-order valence-corrected chi connectivity index (χ2v) is 8.31. The molecular formula is C27H28FNO2. The first-order chi connectivity index (χ1) is 15.1. The monoisotopic (exact) mass is 417 g/mol. The van der Waals surface area contributed by atoms with Gasteiger partial charge < -0.3 is 9.64 Å². The summed E-state index contributed by atoms with van der Waals surface area (Å²) < 4.78 is 19.8. The van der Waals surface area contributed by atoms with Crippen LogP contribution in [0, 0.1) is 5.92 Å². The van der Waals surface area contributed by atoms with Gasteiger partial charge in [-0.25, -0.2) is 9.18 Å². The van der Waals surface area contributed by atoms with Crippen LogP contribution in [-0.4, -0.2) is 24.1 Å². The molecule has 4 heteroatoms. The third-order valence-electron chi connectivity index (χ3n) is 6.20. The lowest BCUT2D eigenvalue weighted by molar-refractivity contribution is 0.0809. The van der Waals surface area contributed by atoms with Crippen molar-refractivity contribution in [2.45, 2.75) is 31.8 Å². The Hall–Kier alpha value is -3.14. The van der Waals surface area contributed by atoms with Crippen LogP contribution in [0.4, 0.5) is 9.18 Å². The van der Waals surface area contributed by atoms with Crippen molar-refractivity contribution in [2.75, 3.05) is 13.1 Å². The van der Waals surface area contributed by atoms with Gasteiger partial charge >= 0.3 is 6.09 Å². The Balaban J connectivity index is 1.33. The lowest BCUT2D eigenvalue weighted by Gasteiger charge is -2.33. The number of fused-ring (bicyclic) bond motifs is 1. The molecule has 3 aromatic carbocycles. The van der Waals surface area contributed by atoms with E-state index in [0.717, 1.165) is 34.7 Å². The van der Waals surface area contributed by atoms with Crippen molar-refractivity contribution in [3.63, 3.8) is 0 Å². The van der Waals surface area contributed by atoms with Crippen LogP contribution in [-0.2, 0) is 11.3 Å². The molecule has 0 bridgehead atoms. The predicted octanol–water partition coefficient (Wildman–Crippen LogP) is 6.85. The summed E-state index contributed by atoms with van der Waals surface area (Å²) in [6.07, 6.45) is 2.12. The van der Waals surface area contributed by atoms with Gasteiger partial charge in [-0.05, 0) is 47.1 Å². The molecule has 0 aliphatic carbocycles. The molecule has 1 fully saturated rings. The number of piperidine rings is 1. The summed E-state index contributed by atoms with van der Waals surface area (Å²) in [4.78, 5) is 14.1. The van der Waals surface area contributed by atoms with E-state index < -0.39 is 0 Å². The summed E-state index contributed by atoms with van der Waals surface area (Å²) >= 11 is 0. The van der Waals surface area contributed by atoms with Crippen LogP contribution >= 0.6 is 0 Å². The molecule has 0 aromatic heterocycles. The average molecular weight is 418 g/mol. The van der Waals surface area contributed by atoms with Crippen molar-refractivity contribution in [1.82, 2.24) is 4.90 Å². The number of ether oxygens (including phenoxy) is 1. The summed E-state index contributed by atoms with van der Waals surface area (Å²) in [6, 6.07) is 23.9. The van der Waals surface area contributed by atoms with Gasteiger partial charge in [0.25, 0.3) is 0 Å². The van der Waals surface area contributed by atoms with Gasteiger partial charge in [-0.1, -0.05) is 79.4 Å². The van der Waals surface area contributed by atoms with E-state index in [0.29, 0.717) is 25.4 Å². The van der Waals surface area contributed by atoms with E-state index in [1.54, 1.807) is 4.90 Å². The van der Waals surface area contributed by atoms with E-state index in [2.05, 4.69) is 24.8 Å². The highest BCUT2D eigenvalue weighted by molar-refractivity contribution is 5.83. The van der Waals surface area contributed by atoms with Gasteiger partial charge in [-0.3, -0.25) is 0 Å². The Bertz CT molecular complexity index is 1040. The zero-order valence-corrected chi connectivity index (χ0v) is 17.7. The Morgan fingerprint density at radius 2 is 1.68 bits per heavy atom. The molecule has 1 saturated heterocycles. The normalized spacial score (nSPS) is 15.6. The van der Waals surface area contributed by atoms with Gasteiger partial charge in [-0.2, -0.15) is 0 Å². The molecule has 0 saturated carbocycles. The van der Waals surface area contributed by atoms with Gasteiger partial charge in [0.05, 0.1) is 0 Å². The molecule has 31 heavy (non-hydrogen) atoms. The molecule has 1 aliphatic heterocycles. The fourth-order valence-corrected chi connectivity index (χ4v) is 4.36. The topological polar surface area (TPSA) is 29.5 Å². The van der Waals surface area contributed by atoms with Crippen molar-refractivity contribution in [2.24, 2.45) is 5.92 Å². The SMILES string of the molecule is C=C(F)C(CC1CCN(C(=O)OCc2ccccc2)CC1)c1ccc2ccccc2c1. The van der Waals surface area contributed by atoms with Gasteiger partial charge in [-0.15, -0.1) is 0 Å².